The molecule has 120 valence electrons. The molecule has 5 nitrogen and oxygen atoms in total. The van der Waals surface area contributed by atoms with Crippen LogP contribution in [0.15, 0.2) is 42.7 Å². The van der Waals surface area contributed by atoms with Gasteiger partial charge in [-0.2, -0.15) is 0 Å². The number of amides is 2. The number of hydrogen-bond donors (Lipinski definition) is 1. The van der Waals surface area contributed by atoms with Crippen LogP contribution in [0.3, 0.4) is 0 Å². The standard InChI is InChI=1S/C17H18FN3O2/c18-15-4-1-3-13(11-15)16(22)20-7-2-8-21(10-9-20)17(23)14-5-6-19-12-14/h1,3-6,11-12,19H,2,7-10H2. The van der Waals surface area contributed by atoms with Crippen LogP contribution < -0.4 is 0 Å². The second kappa shape index (κ2) is 6.64. The topological polar surface area (TPSA) is 56.4 Å². The van der Waals surface area contributed by atoms with Crippen molar-refractivity contribution in [2.24, 2.45) is 0 Å². The fourth-order valence-electron chi connectivity index (χ4n) is 2.77. The molecule has 23 heavy (non-hydrogen) atoms. The Morgan fingerprint density at radius 3 is 2.26 bits per heavy atom. The molecular weight excluding hydrogens is 297 g/mol. The van der Waals surface area contributed by atoms with Crippen molar-refractivity contribution in [1.82, 2.24) is 14.8 Å². The van der Waals surface area contributed by atoms with Crippen molar-refractivity contribution in [3.63, 3.8) is 0 Å². The fraction of sp³-hybridized carbons (Fsp3) is 0.294. The van der Waals surface area contributed by atoms with Crippen molar-refractivity contribution in [3.8, 4) is 0 Å². The maximum absolute atomic E-state index is 13.3. The van der Waals surface area contributed by atoms with Crippen LogP contribution in [0.25, 0.3) is 0 Å². The van der Waals surface area contributed by atoms with E-state index in [-0.39, 0.29) is 11.8 Å². The van der Waals surface area contributed by atoms with Crippen LogP contribution in [-0.2, 0) is 0 Å². The highest BCUT2D eigenvalue weighted by Gasteiger charge is 2.23. The molecule has 0 spiro atoms. The minimum atomic E-state index is -0.421. The van der Waals surface area contributed by atoms with Gasteiger partial charge in [0.25, 0.3) is 11.8 Å². The van der Waals surface area contributed by atoms with Crippen LogP contribution in [0.2, 0.25) is 0 Å². The van der Waals surface area contributed by atoms with Gasteiger partial charge in [0.05, 0.1) is 5.56 Å². The second-order valence-electron chi connectivity index (χ2n) is 5.55. The van der Waals surface area contributed by atoms with E-state index in [1.165, 1.54) is 18.2 Å². The lowest BCUT2D eigenvalue weighted by atomic mass is 10.2. The molecule has 2 amide bonds. The van der Waals surface area contributed by atoms with Crippen LogP contribution in [0.5, 0.6) is 0 Å². The Morgan fingerprint density at radius 1 is 0.957 bits per heavy atom. The van der Waals surface area contributed by atoms with Crippen molar-refractivity contribution in [1.29, 1.82) is 0 Å². The van der Waals surface area contributed by atoms with Crippen molar-refractivity contribution in [2.75, 3.05) is 26.2 Å². The third-order valence-electron chi connectivity index (χ3n) is 3.99. The average Bonchev–Trinajstić information content (AvgIpc) is 2.98. The summed E-state index contributed by atoms with van der Waals surface area (Å²) >= 11 is 0. The number of nitrogens with zero attached hydrogens (tertiary/aromatic N) is 2. The third-order valence-corrected chi connectivity index (χ3v) is 3.99. The maximum atomic E-state index is 13.3. The van der Waals surface area contributed by atoms with E-state index in [0.29, 0.717) is 43.7 Å². The van der Waals surface area contributed by atoms with Crippen LogP contribution >= 0.6 is 0 Å². The molecular formula is C17H18FN3O2. The molecule has 2 heterocycles. The normalized spacial score (nSPS) is 15.3. The number of rotatable bonds is 2. The predicted molar refractivity (Wildman–Crippen MR) is 83.6 cm³/mol. The van der Waals surface area contributed by atoms with E-state index in [9.17, 15) is 14.0 Å². The molecule has 3 rings (SSSR count). The average molecular weight is 315 g/mol. The maximum Gasteiger partial charge on any atom is 0.255 e. The number of hydrogen-bond acceptors (Lipinski definition) is 2. The molecule has 1 aromatic heterocycles. The van der Waals surface area contributed by atoms with Gasteiger partial charge in [-0.3, -0.25) is 9.59 Å². The van der Waals surface area contributed by atoms with E-state index in [1.807, 2.05) is 0 Å². The summed E-state index contributed by atoms with van der Waals surface area (Å²) in [4.78, 5) is 31.1. The fourth-order valence-corrected chi connectivity index (χ4v) is 2.77. The van der Waals surface area contributed by atoms with Crippen LogP contribution in [0.4, 0.5) is 4.39 Å². The third kappa shape index (κ3) is 3.41. The number of halogens is 1. The predicted octanol–water partition coefficient (Wildman–Crippen LogP) is 2.14. The van der Waals surface area contributed by atoms with Crippen molar-refractivity contribution >= 4 is 11.8 Å². The number of nitrogens with one attached hydrogen (secondary N) is 1. The number of aromatic amines is 1. The van der Waals surface area contributed by atoms with Gasteiger partial charge in [0, 0.05) is 44.1 Å². The summed E-state index contributed by atoms with van der Waals surface area (Å²) in [5.41, 5.74) is 0.963. The molecule has 1 aliphatic heterocycles. The summed E-state index contributed by atoms with van der Waals surface area (Å²) in [6, 6.07) is 7.44. The number of carbonyl (C=O) groups excluding carboxylic acids is 2. The quantitative estimate of drug-likeness (QED) is 0.923. The van der Waals surface area contributed by atoms with Gasteiger partial charge < -0.3 is 14.8 Å². The highest BCUT2D eigenvalue weighted by Crippen LogP contribution is 2.12. The molecule has 0 aliphatic carbocycles. The molecule has 1 saturated heterocycles. The molecule has 1 N–H and O–H groups in total. The molecule has 0 atom stereocenters. The molecule has 0 radical (unpaired) electrons. The van der Waals surface area contributed by atoms with Crippen molar-refractivity contribution in [3.05, 3.63) is 59.7 Å². The van der Waals surface area contributed by atoms with Gasteiger partial charge in [-0.15, -0.1) is 0 Å². The summed E-state index contributed by atoms with van der Waals surface area (Å²) in [7, 11) is 0. The zero-order valence-corrected chi connectivity index (χ0v) is 12.7. The van der Waals surface area contributed by atoms with Gasteiger partial charge in [0.15, 0.2) is 0 Å². The summed E-state index contributed by atoms with van der Waals surface area (Å²) in [6.45, 7) is 2.10. The summed E-state index contributed by atoms with van der Waals surface area (Å²) < 4.78 is 13.3. The Morgan fingerprint density at radius 2 is 1.65 bits per heavy atom. The molecule has 6 heteroatoms. The molecule has 1 aliphatic rings. The SMILES string of the molecule is O=C(c1cc[nH]c1)N1CCCN(C(=O)c2cccc(F)c2)CC1. The first-order chi connectivity index (χ1) is 11.1. The van der Waals surface area contributed by atoms with Crippen LogP contribution in [0, 0.1) is 5.82 Å². The molecule has 1 fully saturated rings. The summed E-state index contributed by atoms with van der Waals surface area (Å²) in [5, 5.41) is 0. The monoisotopic (exact) mass is 315 g/mol. The van der Waals surface area contributed by atoms with Gasteiger partial charge in [-0.05, 0) is 30.7 Å². The van der Waals surface area contributed by atoms with E-state index < -0.39 is 5.82 Å². The highest BCUT2D eigenvalue weighted by atomic mass is 19.1. The van der Waals surface area contributed by atoms with E-state index in [4.69, 9.17) is 0 Å². The Hall–Kier alpha value is -2.63. The lowest BCUT2D eigenvalue weighted by Crippen LogP contribution is -2.37. The zero-order chi connectivity index (χ0) is 16.2. The summed E-state index contributed by atoms with van der Waals surface area (Å²) in [6.07, 6.45) is 4.09. The van der Waals surface area contributed by atoms with Crippen LogP contribution in [-0.4, -0.2) is 52.8 Å². The molecule has 0 bridgehead atoms. The Balaban J connectivity index is 1.66. The Bertz CT molecular complexity index is 700. The zero-order valence-electron chi connectivity index (χ0n) is 12.7. The molecule has 1 aromatic carbocycles. The number of H-pyrrole nitrogens is 1. The first kappa shape index (κ1) is 15.3. The lowest BCUT2D eigenvalue weighted by molar-refractivity contribution is 0.0718. The highest BCUT2D eigenvalue weighted by molar-refractivity contribution is 5.95. The molecule has 0 unspecified atom stereocenters. The number of carbonyl (C=O) groups is 2. The Kier molecular flexibility index (Phi) is 4.41. The van der Waals surface area contributed by atoms with Gasteiger partial charge >= 0.3 is 0 Å². The molecule has 2 aromatic rings. The van der Waals surface area contributed by atoms with Gasteiger partial charge in [-0.25, -0.2) is 4.39 Å². The van der Waals surface area contributed by atoms with E-state index in [0.717, 1.165) is 0 Å². The smallest absolute Gasteiger partial charge is 0.255 e. The van der Waals surface area contributed by atoms with Crippen molar-refractivity contribution < 1.29 is 14.0 Å². The van der Waals surface area contributed by atoms with E-state index >= 15 is 0 Å². The second-order valence-corrected chi connectivity index (χ2v) is 5.55. The van der Waals surface area contributed by atoms with Crippen LogP contribution in [0.1, 0.15) is 27.1 Å². The number of benzene rings is 1. The minimum Gasteiger partial charge on any atom is -0.367 e. The summed E-state index contributed by atoms with van der Waals surface area (Å²) in [5.74, 6) is -0.651. The van der Waals surface area contributed by atoms with E-state index in [1.54, 1.807) is 34.3 Å². The molecule has 0 saturated carbocycles. The first-order valence-corrected chi connectivity index (χ1v) is 7.62. The van der Waals surface area contributed by atoms with Gasteiger partial charge in [-0.1, -0.05) is 6.07 Å². The Labute approximate surface area is 133 Å². The van der Waals surface area contributed by atoms with E-state index in [2.05, 4.69) is 4.98 Å². The first-order valence-electron chi connectivity index (χ1n) is 7.62. The number of aromatic nitrogens is 1. The lowest BCUT2D eigenvalue weighted by Gasteiger charge is -2.22. The van der Waals surface area contributed by atoms with Gasteiger partial charge in [0.2, 0.25) is 0 Å². The minimum absolute atomic E-state index is 0.0358. The van der Waals surface area contributed by atoms with Gasteiger partial charge in [0.1, 0.15) is 5.82 Å². The largest absolute Gasteiger partial charge is 0.367 e. The van der Waals surface area contributed by atoms with Crippen molar-refractivity contribution in [2.45, 2.75) is 6.42 Å².